The van der Waals surface area contributed by atoms with Gasteiger partial charge in [0.25, 0.3) is 0 Å². The van der Waals surface area contributed by atoms with E-state index in [1.807, 2.05) is 19.9 Å². The molecular weight excluding hydrogens is 406 g/mol. The number of aryl methyl sites for hydroxylation is 3. The monoisotopic (exact) mass is 441 g/mol. The first-order valence-corrected chi connectivity index (χ1v) is 11.2. The second-order valence-corrected chi connectivity index (χ2v) is 9.50. The summed E-state index contributed by atoms with van der Waals surface area (Å²) in [4.78, 5) is 0. The van der Waals surface area contributed by atoms with Gasteiger partial charge in [-0.1, -0.05) is 26.8 Å². The molecule has 0 unspecified atom stereocenters. The largest absolute Gasteiger partial charge is 0.493 e. The minimum Gasteiger partial charge on any atom is -0.493 e. The van der Waals surface area contributed by atoms with Crippen molar-refractivity contribution in [3.05, 3.63) is 46.6 Å². The van der Waals surface area contributed by atoms with Crippen molar-refractivity contribution in [1.29, 1.82) is 5.41 Å². The van der Waals surface area contributed by atoms with E-state index in [0.717, 1.165) is 30.3 Å². The van der Waals surface area contributed by atoms with Gasteiger partial charge in [0.2, 0.25) is 11.5 Å². The lowest BCUT2D eigenvalue weighted by atomic mass is 9.85. The minimum absolute atomic E-state index is 0. The Bertz CT molecular complexity index is 1140. The molecule has 4 rings (SSSR count). The highest BCUT2D eigenvalue weighted by Gasteiger charge is 2.23. The fourth-order valence-corrected chi connectivity index (χ4v) is 3.56. The normalized spacial score (nSPS) is 13.8. The number of benzene rings is 1. The van der Waals surface area contributed by atoms with Gasteiger partial charge in [-0.15, -0.1) is 10.2 Å². The van der Waals surface area contributed by atoms with Gasteiger partial charge in [0.15, 0.2) is 5.65 Å². The second-order valence-electron chi connectivity index (χ2n) is 9.50. The first-order valence-electron chi connectivity index (χ1n) is 11.2. The number of fused-ring (bicyclic) bond motifs is 1. The number of nitrogens with one attached hydrogen (secondary N) is 1. The summed E-state index contributed by atoms with van der Waals surface area (Å²) in [6, 6.07) is 8.42. The van der Waals surface area contributed by atoms with Crippen LogP contribution in [0.2, 0.25) is 0 Å². The average molecular weight is 442 g/mol. The molecule has 3 N–H and O–H groups in total. The summed E-state index contributed by atoms with van der Waals surface area (Å²) in [7, 11) is 0. The maximum Gasteiger partial charge on any atom is 0.242 e. The SMILES string of the molecule is CCOc1cc(C)c2nn(CCc3cc(OCC4CC4)cc(C(C)(C)C)c3)c(=N)n2n1.O. The van der Waals surface area contributed by atoms with Gasteiger partial charge in [0.05, 0.1) is 13.2 Å². The number of aromatic nitrogens is 4. The molecule has 3 aromatic rings. The van der Waals surface area contributed by atoms with Gasteiger partial charge in [0, 0.05) is 18.2 Å². The summed E-state index contributed by atoms with van der Waals surface area (Å²) < 4.78 is 14.9. The standard InChI is InChI=1S/C24H33N5O2.H2O/c1-6-30-21-11-16(2)22-27-28(23(25)29(22)26-21)10-9-18-12-19(24(3,4)5)14-20(13-18)31-15-17-7-8-17;/h11-14,17,25H,6-10,15H2,1-5H3;1H2. The third kappa shape index (κ3) is 5.30. The Morgan fingerprint density at radius 1 is 1.09 bits per heavy atom. The van der Waals surface area contributed by atoms with E-state index in [4.69, 9.17) is 14.9 Å². The van der Waals surface area contributed by atoms with E-state index in [0.29, 0.717) is 24.7 Å². The lowest BCUT2D eigenvalue weighted by Crippen LogP contribution is -2.24. The number of rotatable bonds is 8. The molecule has 174 valence electrons. The summed E-state index contributed by atoms with van der Waals surface area (Å²) in [5.41, 5.74) is 4.38. The maximum absolute atomic E-state index is 8.54. The van der Waals surface area contributed by atoms with E-state index in [-0.39, 0.29) is 16.5 Å². The molecule has 1 fully saturated rings. The number of hydrogen-bond donors (Lipinski definition) is 1. The van der Waals surface area contributed by atoms with Crippen LogP contribution in [0.1, 0.15) is 57.2 Å². The van der Waals surface area contributed by atoms with E-state index < -0.39 is 0 Å². The molecule has 1 saturated carbocycles. The Balaban J connectivity index is 0.00000289. The molecule has 0 aliphatic heterocycles. The van der Waals surface area contributed by atoms with E-state index in [9.17, 15) is 0 Å². The average Bonchev–Trinajstić information content (AvgIpc) is 3.49. The van der Waals surface area contributed by atoms with Gasteiger partial charge in [-0.2, -0.15) is 4.52 Å². The van der Waals surface area contributed by atoms with Crippen LogP contribution in [0, 0.1) is 18.3 Å². The van der Waals surface area contributed by atoms with Crippen LogP contribution in [0.3, 0.4) is 0 Å². The summed E-state index contributed by atoms with van der Waals surface area (Å²) in [6.07, 6.45) is 3.32. The van der Waals surface area contributed by atoms with E-state index in [1.165, 1.54) is 24.0 Å². The van der Waals surface area contributed by atoms with Crippen molar-refractivity contribution in [2.24, 2.45) is 5.92 Å². The van der Waals surface area contributed by atoms with E-state index in [2.05, 4.69) is 49.2 Å². The molecule has 8 nitrogen and oxygen atoms in total. The molecule has 0 atom stereocenters. The number of ether oxygens (including phenoxy) is 2. The smallest absolute Gasteiger partial charge is 0.242 e. The third-order valence-electron chi connectivity index (χ3n) is 5.67. The van der Waals surface area contributed by atoms with Crippen molar-refractivity contribution >= 4 is 5.65 Å². The molecule has 1 aliphatic rings. The first kappa shape index (κ1) is 23.8. The van der Waals surface area contributed by atoms with Crippen LogP contribution in [0.5, 0.6) is 11.6 Å². The van der Waals surface area contributed by atoms with Crippen molar-refractivity contribution in [2.45, 2.75) is 65.8 Å². The fraction of sp³-hybridized carbons (Fsp3) is 0.542. The molecule has 0 amide bonds. The topological polar surface area (TPSA) is 109 Å². The maximum atomic E-state index is 8.54. The van der Waals surface area contributed by atoms with Gasteiger partial charge in [0.1, 0.15) is 5.75 Å². The van der Waals surface area contributed by atoms with Crippen LogP contribution in [0.25, 0.3) is 5.65 Å². The van der Waals surface area contributed by atoms with Crippen LogP contribution in [-0.2, 0) is 18.4 Å². The zero-order valence-electron chi connectivity index (χ0n) is 19.7. The number of hydrogen-bond acceptors (Lipinski definition) is 5. The Hall–Kier alpha value is -2.87. The zero-order chi connectivity index (χ0) is 22.2. The summed E-state index contributed by atoms with van der Waals surface area (Å²) in [5.74, 6) is 2.18. The third-order valence-corrected chi connectivity index (χ3v) is 5.67. The van der Waals surface area contributed by atoms with Crippen LogP contribution in [0.15, 0.2) is 24.3 Å². The van der Waals surface area contributed by atoms with Crippen molar-refractivity contribution in [3.63, 3.8) is 0 Å². The molecule has 32 heavy (non-hydrogen) atoms. The molecule has 0 spiro atoms. The van der Waals surface area contributed by atoms with Gasteiger partial charge >= 0.3 is 0 Å². The van der Waals surface area contributed by atoms with E-state index in [1.54, 1.807) is 9.20 Å². The summed E-state index contributed by atoms with van der Waals surface area (Å²) >= 11 is 0. The van der Waals surface area contributed by atoms with Crippen LogP contribution in [-0.4, -0.2) is 38.1 Å². The highest BCUT2D eigenvalue weighted by Crippen LogP contribution is 2.32. The first-order chi connectivity index (χ1) is 14.7. The van der Waals surface area contributed by atoms with Crippen molar-refractivity contribution in [1.82, 2.24) is 19.4 Å². The predicted octanol–water partition coefficient (Wildman–Crippen LogP) is 3.22. The van der Waals surface area contributed by atoms with Crippen LogP contribution in [0.4, 0.5) is 0 Å². The second kappa shape index (κ2) is 9.32. The molecule has 1 aromatic carbocycles. The fourth-order valence-electron chi connectivity index (χ4n) is 3.56. The van der Waals surface area contributed by atoms with E-state index >= 15 is 0 Å². The van der Waals surface area contributed by atoms with Gasteiger partial charge in [-0.3, -0.25) is 5.41 Å². The molecular formula is C24H35N5O3. The Labute approximate surface area is 189 Å². The van der Waals surface area contributed by atoms with Crippen molar-refractivity contribution in [2.75, 3.05) is 13.2 Å². The zero-order valence-corrected chi connectivity index (χ0v) is 19.7. The van der Waals surface area contributed by atoms with Crippen molar-refractivity contribution < 1.29 is 14.9 Å². The molecule has 8 heteroatoms. The number of nitrogens with zero attached hydrogens (tertiary/aromatic N) is 4. The molecule has 0 radical (unpaired) electrons. The summed E-state index contributed by atoms with van der Waals surface area (Å²) in [5, 5.41) is 17.6. The Morgan fingerprint density at radius 2 is 1.84 bits per heavy atom. The molecule has 0 bridgehead atoms. The minimum atomic E-state index is 0. The van der Waals surface area contributed by atoms with Crippen molar-refractivity contribution in [3.8, 4) is 11.6 Å². The van der Waals surface area contributed by atoms with Gasteiger partial charge in [-0.25, -0.2) is 4.68 Å². The quantitative estimate of drug-likeness (QED) is 0.579. The highest BCUT2D eigenvalue weighted by atomic mass is 16.5. The Morgan fingerprint density at radius 3 is 2.50 bits per heavy atom. The molecule has 1 aliphatic carbocycles. The molecule has 0 saturated heterocycles. The molecule has 2 heterocycles. The van der Waals surface area contributed by atoms with Crippen LogP contribution < -0.4 is 15.1 Å². The highest BCUT2D eigenvalue weighted by molar-refractivity contribution is 5.46. The summed E-state index contributed by atoms with van der Waals surface area (Å²) in [6.45, 7) is 12.5. The van der Waals surface area contributed by atoms with Gasteiger partial charge in [-0.05, 0) is 67.7 Å². The van der Waals surface area contributed by atoms with Crippen LogP contribution >= 0.6 is 0 Å². The lowest BCUT2D eigenvalue weighted by molar-refractivity contribution is 0.298. The lowest BCUT2D eigenvalue weighted by Gasteiger charge is -2.21. The Kier molecular flexibility index (Phi) is 6.93. The molecule has 2 aromatic heterocycles. The van der Waals surface area contributed by atoms with Gasteiger partial charge < -0.3 is 14.9 Å². The predicted molar refractivity (Wildman–Crippen MR) is 123 cm³/mol.